The average molecular weight is 301 g/mol. The number of hydrogen-bond acceptors (Lipinski definition) is 1. The number of hydrogen-bond donors (Lipinski definition) is 1. The van der Waals surface area contributed by atoms with Crippen LogP contribution in [0.25, 0.3) is 0 Å². The first-order valence-electron chi connectivity index (χ1n) is 7.65. The molecule has 0 bridgehead atoms. The largest absolute Gasteiger partial charge is 0.390 e. The van der Waals surface area contributed by atoms with Gasteiger partial charge in [-0.25, -0.2) is 0 Å². The Kier molecular flexibility index (Phi) is 7.23. The van der Waals surface area contributed by atoms with Crippen LogP contribution in [0.2, 0.25) is 0 Å². The molecule has 2 atom stereocenters. The lowest BCUT2D eigenvalue weighted by atomic mass is 10.00. The van der Waals surface area contributed by atoms with Crippen molar-refractivity contribution in [3.63, 3.8) is 0 Å². The Hall–Kier alpha value is -1.03. The van der Waals surface area contributed by atoms with Crippen LogP contribution in [0.5, 0.6) is 0 Å². The van der Waals surface area contributed by atoms with Gasteiger partial charge in [-0.05, 0) is 24.8 Å². The fourth-order valence-corrected chi connectivity index (χ4v) is 2.45. The summed E-state index contributed by atoms with van der Waals surface area (Å²) in [5, 5.41) is 3.14. The molecule has 0 saturated heterocycles. The lowest BCUT2D eigenvalue weighted by Crippen LogP contribution is -2.33. The van der Waals surface area contributed by atoms with Crippen LogP contribution in [-0.2, 0) is 0 Å². The lowest BCUT2D eigenvalue weighted by Gasteiger charge is -2.25. The van der Waals surface area contributed by atoms with Crippen LogP contribution in [0, 0.1) is 5.92 Å². The highest BCUT2D eigenvalue weighted by atomic mass is 19.4. The Morgan fingerprint density at radius 1 is 1.00 bits per heavy atom. The minimum Gasteiger partial charge on any atom is -0.307 e. The van der Waals surface area contributed by atoms with E-state index in [9.17, 15) is 13.2 Å². The normalized spacial score (nSPS) is 15.2. The van der Waals surface area contributed by atoms with Gasteiger partial charge in [-0.15, -0.1) is 0 Å². The van der Waals surface area contributed by atoms with E-state index >= 15 is 0 Å². The molecule has 0 aromatic heterocycles. The SMILES string of the molecule is CC(C)CCCC(C)NC(CC(F)(F)F)c1ccccc1. The maximum atomic E-state index is 12.8. The van der Waals surface area contributed by atoms with Crippen molar-refractivity contribution in [1.29, 1.82) is 0 Å². The quantitative estimate of drug-likeness (QED) is 0.670. The van der Waals surface area contributed by atoms with Crippen molar-refractivity contribution in [2.75, 3.05) is 0 Å². The second-order valence-corrected chi connectivity index (χ2v) is 6.18. The first-order valence-corrected chi connectivity index (χ1v) is 7.65. The van der Waals surface area contributed by atoms with Crippen LogP contribution in [0.3, 0.4) is 0 Å². The molecule has 1 nitrogen and oxygen atoms in total. The summed E-state index contributed by atoms with van der Waals surface area (Å²) in [6, 6.07) is 8.30. The maximum absolute atomic E-state index is 12.8. The Morgan fingerprint density at radius 3 is 2.14 bits per heavy atom. The van der Waals surface area contributed by atoms with Gasteiger partial charge in [-0.3, -0.25) is 0 Å². The summed E-state index contributed by atoms with van der Waals surface area (Å²) in [6.45, 7) is 6.29. The summed E-state index contributed by atoms with van der Waals surface area (Å²) in [5.74, 6) is 0.636. The highest BCUT2D eigenvalue weighted by Gasteiger charge is 2.33. The Morgan fingerprint density at radius 2 is 1.62 bits per heavy atom. The molecule has 0 radical (unpaired) electrons. The first-order chi connectivity index (χ1) is 9.78. The van der Waals surface area contributed by atoms with Crippen molar-refractivity contribution < 1.29 is 13.2 Å². The molecule has 21 heavy (non-hydrogen) atoms. The molecule has 1 N–H and O–H groups in total. The first kappa shape index (κ1) is 18.0. The monoisotopic (exact) mass is 301 g/mol. The number of halogens is 3. The van der Waals surface area contributed by atoms with E-state index in [1.54, 1.807) is 24.3 Å². The van der Waals surface area contributed by atoms with Crippen LogP contribution in [0.15, 0.2) is 30.3 Å². The minimum atomic E-state index is -4.16. The zero-order chi connectivity index (χ0) is 15.9. The molecule has 120 valence electrons. The number of rotatable bonds is 8. The van der Waals surface area contributed by atoms with Crippen LogP contribution in [0.1, 0.15) is 58.1 Å². The van der Waals surface area contributed by atoms with Crippen molar-refractivity contribution in [2.45, 2.75) is 64.7 Å². The Balaban J connectivity index is 2.61. The number of alkyl halides is 3. The van der Waals surface area contributed by atoms with E-state index in [4.69, 9.17) is 0 Å². The van der Waals surface area contributed by atoms with Crippen LogP contribution >= 0.6 is 0 Å². The Labute approximate surface area is 125 Å². The van der Waals surface area contributed by atoms with Crippen molar-refractivity contribution >= 4 is 0 Å². The van der Waals surface area contributed by atoms with Gasteiger partial charge < -0.3 is 5.32 Å². The maximum Gasteiger partial charge on any atom is 0.390 e. The van der Waals surface area contributed by atoms with E-state index in [1.165, 1.54) is 0 Å². The molecule has 0 aliphatic heterocycles. The molecular weight excluding hydrogens is 275 g/mol. The fourth-order valence-electron chi connectivity index (χ4n) is 2.45. The zero-order valence-electron chi connectivity index (χ0n) is 13.1. The molecule has 0 heterocycles. The minimum absolute atomic E-state index is 0.0799. The van der Waals surface area contributed by atoms with Gasteiger partial charge in [0, 0.05) is 12.1 Å². The van der Waals surface area contributed by atoms with Crippen molar-refractivity contribution in [2.24, 2.45) is 5.92 Å². The average Bonchev–Trinajstić information content (AvgIpc) is 2.37. The smallest absolute Gasteiger partial charge is 0.307 e. The molecule has 0 spiro atoms. The highest BCUT2D eigenvalue weighted by molar-refractivity contribution is 5.19. The summed E-state index contributed by atoms with van der Waals surface area (Å²) in [5.41, 5.74) is 0.700. The summed E-state index contributed by atoms with van der Waals surface area (Å²) in [4.78, 5) is 0. The summed E-state index contributed by atoms with van der Waals surface area (Å²) in [7, 11) is 0. The lowest BCUT2D eigenvalue weighted by molar-refractivity contribution is -0.140. The summed E-state index contributed by atoms with van der Waals surface area (Å²) in [6.07, 6.45) is -1.93. The zero-order valence-corrected chi connectivity index (χ0v) is 13.1. The molecule has 1 aromatic carbocycles. The summed E-state index contributed by atoms with van der Waals surface area (Å²) >= 11 is 0. The van der Waals surface area contributed by atoms with Crippen LogP contribution in [-0.4, -0.2) is 12.2 Å². The van der Waals surface area contributed by atoms with Crippen molar-refractivity contribution in [3.05, 3.63) is 35.9 Å². The predicted molar refractivity (Wildman–Crippen MR) is 81.1 cm³/mol. The third-order valence-corrected chi connectivity index (χ3v) is 3.54. The van der Waals surface area contributed by atoms with E-state index in [0.717, 1.165) is 19.3 Å². The van der Waals surface area contributed by atoms with Gasteiger partial charge in [0.15, 0.2) is 0 Å². The van der Waals surface area contributed by atoms with Gasteiger partial charge in [0.2, 0.25) is 0 Å². The van der Waals surface area contributed by atoms with Crippen molar-refractivity contribution in [3.8, 4) is 0 Å². The van der Waals surface area contributed by atoms with Gasteiger partial charge in [-0.1, -0.05) is 57.0 Å². The molecule has 0 amide bonds. The van der Waals surface area contributed by atoms with E-state index < -0.39 is 18.6 Å². The molecule has 0 saturated carbocycles. The molecule has 1 aromatic rings. The number of nitrogens with one attached hydrogen (secondary N) is 1. The van der Waals surface area contributed by atoms with E-state index in [-0.39, 0.29) is 6.04 Å². The molecule has 0 aliphatic rings. The topological polar surface area (TPSA) is 12.0 Å². The van der Waals surface area contributed by atoms with Gasteiger partial charge in [0.1, 0.15) is 0 Å². The standard InChI is InChI=1S/C17H26F3N/c1-13(2)8-7-9-14(3)21-16(12-17(18,19)20)15-10-5-4-6-11-15/h4-6,10-11,13-14,16,21H,7-9,12H2,1-3H3. The van der Waals surface area contributed by atoms with Gasteiger partial charge in [0.05, 0.1) is 6.42 Å². The molecule has 1 rings (SSSR count). The predicted octanol–water partition coefficient (Wildman–Crippen LogP) is 5.48. The number of benzene rings is 1. The highest BCUT2D eigenvalue weighted by Crippen LogP contribution is 2.30. The van der Waals surface area contributed by atoms with E-state index in [0.29, 0.717) is 11.5 Å². The second-order valence-electron chi connectivity index (χ2n) is 6.18. The van der Waals surface area contributed by atoms with Gasteiger partial charge in [-0.2, -0.15) is 13.2 Å². The second kappa shape index (κ2) is 8.42. The molecule has 2 unspecified atom stereocenters. The fraction of sp³-hybridized carbons (Fsp3) is 0.647. The van der Waals surface area contributed by atoms with Crippen molar-refractivity contribution in [1.82, 2.24) is 5.32 Å². The third kappa shape index (κ3) is 8.10. The van der Waals surface area contributed by atoms with Crippen LogP contribution in [0.4, 0.5) is 13.2 Å². The van der Waals surface area contributed by atoms with E-state index in [1.807, 2.05) is 13.0 Å². The third-order valence-electron chi connectivity index (χ3n) is 3.54. The van der Waals surface area contributed by atoms with Gasteiger partial charge in [0.25, 0.3) is 0 Å². The molecular formula is C17H26F3N. The molecule has 0 fully saturated rings. The summed E-state index contributed by atoms with van der Waals surface area (Å²) < 4.78 is 38.3. The van der Waals surface area contributed by atoms with E-state index in [2.05, 4.69) is 19.2 Å². The molecule has 4 heteroatoms. The Bertz CT molecular complexity index is 387. The van der Waals surface area contributed by atoms with Crippen LogP contribution < -0.4 is 5.32 Å². The van der Waals surface area contributed by atoms with Gasteiger partial charge >= 0.3 is 6.18 Å². The molecule has 0 aliphatic carbocycles.